The van der Waals surface area contributed by atoms with E-state index in [-0.39, 0.29) is 24.4 Å². The van der Waals surface area contributed by atoms with Crippen molar-refractivity contribution in [2.75, 3.05) is 32.1 Å². The molecule has 96 valence electrons. The average molecular weight is 255 g/mol. The fourth-order valence-electron chi connectivity index (χ4n) is 0.730. The monoisotopic (exact) mass is 255 g/mol. The predicted octanol–water partition coefficient (Wildman–Crippen LogP) is -1.61. The minimum Gasteiger partial charge on any atom is -0.463 e. The van der Waals surface area contributed by atoms with Crippen LogP contribution in [0.3, 0.4) is 0 Å². The fraction of sp³-hybridized carbons (Fsp3) is 0.857. The molecule has 0 amide bonds. The van der Waals surface area contributed by atoms with E-state index in [0.29, 0.717) is 13.1 Å². The van der Waals surface area contributed by atoms with Gasteiger partial charge in [-0.25, -0.2) is 4.84 Å². The fourth-order valence-corrected chi connectivity index (χ4v) is 0.879. The Morgan fingerprint density at radius 2 is 2.06 bits per heavy atom. The summed E-state index contributed by atoms with van der Waals surface area (Å²) in [5.74, 6) is -0.256. The molecule has 0 aliphatic carbocycles. The largest absolute Gasteiger partial charge is 0.463 e. The summed E-state index contributed by atoms with van der Waals surface area (Å²) in [5.41, 5.74) is 5.36. The van der Waals surface area contributed by atoms with Gasteiger partial charge in [-0.15, -0.1) is 0 Å². The van der Waals surface area contributed by atoms with Crippen molar-refractivity contribution >= 4 is 18.6 Å². The van der Waals surface area contributed by atoms with Crippen molar-refractivity contribution in [1.29, 1.82) is 0 Å². The van der Waals surface area contributed by atoms with Gasteiger partial charge in [0.1, 0.15) is 12.6 Å². The zero-order valence-corrected chi connectivity index (χ0v) is 9.60. The maximum Gasteiger partial charge on any atom is 0.323 e. The zero-order valence-electron chi connectivity index (χ0n) is 8.70. The molecular formula is C7H17N3O5S. The number of nitrogens with two attached hydrogens (primary N) is 1. The molecule has 0 rings (SSSR count). The minimum atomic E-state index is -0.705. The number of esters is 1. The third kappa shape index (κ3) is 8.85. The molecule has 0 saturated heterocycles. The van der Waals surface area contributed by atoms with Crippen LogP contribution in [-0.4, -0.2) is 59.9 Å². The van der Waals surface area contributed by atoms with Gasteiger partial charge < -0.3 is 15.8 Å². The van der Waals surface area contributed by atoms with Gasteiger partial charge in [-0.3, -0.25) is 15.2 Å². The first-order valence-corrected chi connectivity index (χ1v) is 5.25. The summed E-state index contributed by atoms with van der Waals surface area (Å²) in [6, 6.07) is -0.705. The van der Waals surface area contributed by atoms with Gasteiger partial charge in [-0.2, -0.15) is 12.6 Å². The lowest BCUT2D eigenvalue weighted by Gasteiger charge is -2.10. The smallest absolute Gasteiger partial charge is 0.323 e. The number of rotatable bonds is 9. The van der Waals surface area contributed by atoms with E-state index < -0.39 is 12.0 Å². The van der Waals surface area contributed by atoms with Gasteiger partial charge in [-0.05, 0) is 0 Å². The number of nitrogens with zero attached hydrogens (tertiary/aromatic N) is 1. The molecule has 0 aromatic rings. The van der Waals surface area contributed by atoms with Gasteiger partial charge in [0.25, 0.3) is 0 Å². The van der Waals surface area contributed by atoms with Crippen LogP contribution in [0.5, 0.6) is 0 Å². The highest BCUT2D eigenvalue weighted by molar-refractivity contribution is 7.80. The molecule has 0 saturated carbocycles. The summed E-state index contributed by atoms with van der Waals surface area (Å²) >= 11 is 3.86. The van der Waals surface area contributed by atoms with E-state index in [0.717, 1.165) is 0 Å². The van der Waals surface area contributed by atoms with E-state index in [1.165, 1.54) is 0 Å². The standard InChI is InChI=1S/C7H17N3O5S/c8-6(5-16)7(11)14-3-1-9-2-4-15-10(12)13/h6,9,12-13,16H,1-5,8H2. The Balaban J connectivity index is 3.24. The van der Waals surface area contributed by atoms with Crippen molar-refractivity contribution in [2.45, 2.75) is 6.04 Å². The van der Waals surface area contributed by atoms with Crippen LogP contribution >= 0.6 is 12.6 Å². The number of ether oxygens (including phenoxy) is 1. The topological polar surface area (TPSA) is 117 Å². The molecular weight excluding hydrogens is 238 g/mol. The highest BCUT2D eigenvalue weighted by Gasteiger charge is 2.11. The number of nitrogens with one attached hydrogen (secondary N) is 1. The first-order chi connectivity index (χ1) is 7.57. The van der Waals surface area contributed by atoms with Crippen LogP contribution in [0, 0.1) is 0 Å². The van der Waals surface area contributed by atoms with E-state index in [2.05, 4.69) is 22.8 Å². The molecule has 8 nitrogen and oxygen atoms in total. The molecule has 0 aromatic heterocycles. The quantitative estimate of drug-likeness (QED) is 0.144. The molecule has 5 N–H and O–H groups in total. The summed E-state index contributed by atoms with van der Waals surface area (Å²) in [5, 5.41) is 18.8. The van der Waals surface area contributed by atoms with Crippen molar-refractivity contribution in [1.82, 2.24) is 10.7 Å². The Labute approximate surface area is 98.6 Å². The number of carbonyl (C=O) groups is 1. The lowest BCUT2D eigenvalue weighted by Crippen LogP contribution is -2.35. The van der Waals surface area contributed by atoms with Crippen molar-refractivity contribution in [3.05, 3.63) is 0 Å². The van der Waals surface area contributed by atoms with Crippen LogP contribution in [0.15, 0.2) is 0 Å². The van der Waals surface area contributed by atoms with Gasteiger partial charge >= 0.3 is 5.97 Å². The van der Waals surface area contributed by atoms with Gasteiger partial charge in [0.05, 0.1) is 12.0 Å². The molecule has 1 unspecified atom stereocenters. The third-order valence-electron chi connectivity index (χ3n) is 1.51. The van der Waals surface area contributed by atoms with Crippen LogP contribution in [0.25, 0.3) is 0 Å². The number of thiol groups is 1. The van der Waals surface area contributed by atoms with Gasteiger partial charge in [0.2, 0.25) is 0 Å². The van der Waals surface area contributed by atoms with E-state index >= 15 is 0 Å². The average Bonchev–Trinajstić information content (AvgIpc) is 2.25. The van der Waals surface area contributed by atoms with Crippen molar-refractivity contribution in [2.24, 2.45) is 5.73 Å². The molecule has 0 heterocycles. The summed E-state index contributed by atoms with van der Waals surface area (Å²) in [7, 11) is 0. The van der Waals surface area contributed by atoms with E-state index in [1.54, 1.807) is 0 Å². The molecule has 0 spiro atoms. The normalized spacial score (nSPS) is 12.8. The number of carbonyl (C=O) groups excluding carboxylic acids is 1. The van der Waals surface area contributed by atoms with Crippen molar-refractivity contribution < 1.29 is 24.8 Å². The highest BCUT2D eigenvalue weighted by Crippen LogP contribution is 1.87. The second kappa shape index (κ2) is 9.78. The number of hydrogen-bond donors (Lipinski definition) is 5. The number of hydrogen-bond acceptors (Lipinski definition) is 9. The van der Waals surface area contributed by atoms with E-state index in [1.807, 2.05) is 0 Å². The highest BCUT2D eigenvalue weighted by atomic mass is 32.1. The lowest BCUT2D eigenvalue weighted by molar-refractivity contribution is -0.491. The molecule has 0 radical (unpaired) electrons. The second-order valence-electron chi connectivity index (χ2n) is 2.79. The zero-order chi connectivity index (χ0) is 12.4. The molecule has 9 heteroatoms. The summed E-state index contributed by atoms with van der Waals surface area (Å²) in [6.07, 6.45) is 0. The van der Waals surface area contributed by atoms with Gasteiger partial charge in [0, 0.05) is 18.8 Å². The van der Waals surface area contributed by atoms with Crippen molar-refractivity contribution in [3.8, 4) is 0 Å². The molecule has 0 aliphatic heterocycles. The lowest BCUT2D eigenvalue weighted by atomic mass is 10.4. The third-order valence-corrected chi connectivity index (χ3v) is 1.90. The van der Waals surface area contributed by atoms with Crippen molar-refractivity contribution in [3.63, 3.8) is 0 Å². The first-order valence-electron chi connectivity index (χ1n) is 4.62. The maximum atomic E-state index is 11.0. The van der Waals surface area contributed by atoms with E-state index in [9.17, 15) is 4.79 Å². The molecule has 1 atom stereocenters. The van der Waals surface area contributed by atoms with Crippen LogP contribution in [0.2, 0.25) is 0 Å². The SMILES string of the molecule is NC(CS)C(=O)OCCNCCON(O)O. The molecule has 0 bridgehead atoms. The molecule has 0 aromatic carbocycles. The van der Waals surface area contributed by atoms with E-state index in [4.69, 9.17) is 20.9 Å². The molecule has 16 heavy (non-hydrogen) atoms. The molecule has 0 fully saturated rings. The Morgan fingerprint density at radius 3 is 2.62 bits per heavy atom. The van der Waals surface area contributed by atoms with Crippen LogP contribution in [0.4, 0.5) is 0 Å². The Kier molecular flexibility index (Phi) is 9.52. The second-order valence-corrected chi connectivity index (χ2v) is 3.16. The predicted molar refractivity (Wildman–Crippen MR) is 57.0 cm³/mol. The summed E-state index contributed by atoms with van der Waals surface area (Å²) in [6.45, 7) is 1.07. The summed E-state index contributed by atoms with van der Waals surface area (Å²) in [4.78, 5) is 15.3. The Hall–Kier alpha value is -0.420. The maximum absolute atomic E-state index is 11.0. The minimum absolute atomic E-state index is 0.0805. The Bertz CT molecular complexity index is 195. The van der Waals surface area contributed by atoms with Crippen LogP contribution in [-0.2, 0) is 14.4 Å². The Morgan fingerprint density at radius 1 is 1.44 bits per heavy atom. The summed E-state index contributed by atoms with van der Waals surface area (Å²) < 4.78 is 4.80. The van der Waals surface area contributed by atoms with Crippen LogP contribution in [0.1, 0.15) is 0 Å². The molecule has 0 aliphatic rings. The van der Waals surface area contributed by atoms with Gasteiger partial charge in [-0.1, -0.05) is 0 Å². The van der Waals surface area contributed by atoms with Crippen LogP contribution < -0.4 is 11.1 Å². The first kappa shape index (κ1) is 15.6. The van der Waals surface area contributed by atoms with Gasteiger partial charge in [0.15, 0.2) is 0 Å².